The summed E-state index contributed by atoms with van der Waals surface area (Å²) in [4.78, 5) is 43.5. The first-order valence-electron chi connectivity index (χ1n) is 14.8. The summed E-state index contributed by atoms with van der Waals surface area (Å²) in [6, 6.07) is 12.7. The quantitative estimate of drug-likeness (QED) is 0.471. The van der Waals surface area contributed by atoms with Crippen LogP contribution in [0, 0.1) is 23.6 Å². The molecule has 41 heavy (non-hydrogen) atoms. The maximum Gasteiger partial charge on any atom is 0.246 e. The first-order chi connectivity index (χ1) is 19.7. The van der Waals surface area contributed by atoms with E-state index in [1.54, 1.807) is 12.1 Å². The Bertz CT molecular complexity index is 1360. The highest BCUT2D eigenvalue weighted by molar-refractivity contribution is 6.02. The molecule has 2 aromatic carbocycles. The number of ether oxygens (including phenoxy) is 1. The van der Waals surface area contributed by atoms with Crippen LogP contribution in [0.25, 0.3) is 0 Å². The fourth-order valence-corrected chi connectivity index (χ4v) is 7.19. The minimum absolute atomic E-state index is 0.0185. The van der Waals surface area contributed by atoms with Gasteiger partial charge in [0.1, 0.15) is 17.5 Å². The van der Waals surface area contributed by atoms with Crippen LogP contribution in [0.5, 0.6) is 0 Å². The van der Waals surface area contributed by atoms with E-state index in [1.807, 2.05) is 36.4 Å². The molecule has 7 nitrogen and oxygen atoms in total. The van der Waals surface area contributed by atoms with E-state index in [0.717, 1.165) is 31.2 Å². The first-order valence-corrected chi connectivity index (χ1v) is 14.8. The van der Waals surface area contributed by atoms with Crippen LogP contribution in [0.15, 0.2) is 60.7 Å². The Morgan fingerprint density at radius 2 is 1.76 bits per heavy atom. The van der Waals surface area contributed by atoms with Gasteiger partial charge in [0.15, 0.2) is 0 Å². The summed E-state index contributed by atoms with van der Waals surface area (Å²) in [5.74, 6) is -2.16. The molecular weight excluding hydrogens is 521 g/mol. The van der Waals surface area contributed by atoms with E-state index in [-0.39, 0.29) is 36.1 Å². The lowest BCUT2D eigenvalue weighted by molar-refractivity contribution is -0.142. The van der Waals surface area contributed by atoms with Crippen molar-refractivity contribution in [2.45, 2.75) is 82.7 Å². The summed E-state index contributed by atoms with van der Waals surface area (Å²) in [7, 11) is 0. The molecule has 216 valence electrons. The number of nitrogens with zero attached hydrogens (tertiary/aromatic N) is 1. The molecule has 1 spiro atoms. The highest BCUT2D eigenvalue weighted by Crippen LogP contribution is 2.55. The molecule has 1 aliphatic carbocycles. The molecule has 4 aliphatic rings. The second-order valence-electron chi connectivity index (χ2n) is 12.4. The zero-order valence-corrected chi connectivity index (χ0v) is 23.8. The Morgan fingerprint density at radius 1 is 1.05 bits per heavy atom. The van der Waals surface area contributed by atoms with Crippen LogP contribution >= 0.6 is 0 Å². The highest BCUT2D eigenvalue weighted by atomic mass is 19.1. The van der Waals surface area contributed by atoms with Crippen LogP contribution < -0.4 is 10.6 Å². The Hall–Kier alpha value is -3.52. The molecular formula is C33H38FN3O4. The number of hydrogen-bond acceptors (Lipinski definition) is 4. The molecule has 3 amide bonds. The number of rotatable bonds is 7. The smallest absolute Gasteiger partial charge is 0.246 e. The maximum absolute atomic E-state index is 14.2. The molecule has 3 fully saturated rings. The van der Waals surface area contributed by atoms with Gasteiger partial charge in [-0.2, -0.15) is 0 Å². The molecule has 2 aromatic rings. The third kappa shape index (κ3) is 4.86. The largest absolute Gasteiger partial charge is 0.359 e. The van der Waals surface area contributed by atoms with Crippen LogP contribution in [-0.2, 0) is 25.7 Å². The van der Waals surface area contributed by atoms with E-state index < -0.39 is 29.6 Å². The van der Waals surface area contributed by atoms with E-state index in [0.29, 0.717) is 23.1 Å². The summed E-state index contributed by atoms with van der Waals surface area (Å²) in [5.41, 5.74) is 1.27. The van der Waals surface area contributed by atoms with Gasteiger partial charge in [-0.3, -0.25) is 14.4 Å². The predicted molar refractivity (Wildman–Crippen MR) is 153 cm³/mol. The Balaban J connectivity index is 1.30. The minimum atomic E-state index is -1.24. The highest BCUT2D eigenvalue weighted by Gasteiger charge is 2.72. The molecule has 2 bridgehead atoms. The summed E-state index contributed by atoms with van der Waals surface area (Å²) < 4.78 is 20.1. The number of hydrogen-bond donors (Lipinski definition) is 2. The summed E-state index contributed by atoms with van der Waals surface area (Å²) in [5, 5.41) is 6.22. The summed E-state index contributed by atoms with van der Waals surface area (Å²) in [6.07, 6.45) is 7.16. The number of carbonyl (C=O) groups is 3. The lowest BCUT2D eigenvalue weighted by atomic mass is 9.74. The number of benzene rings is 2. The van der Waals surface area contributed by atoms with Gasteiger partial charge in [0.05, 0.1) is 17.9 Å². The molecule has 1 saturated carbocycles. The molecule has 0 radical (unpaired) electrons. The Morgan fingerprint density at radius 3 is 2.44 bits per heavy atom. The number of likely N-dealkylation sites (tertiary alicyclic amines) is 1. The third-order valence-electron chi connectivity index (χ3n) is 9.48. The van der Waals surface area contributed by atoms with Gasteiger partial charge in [-0.15, -0.1) is 0 Å². The molecule has 8 heteroatoms. The van der Waals surface area contributed by atoms with Crippen LogP contribution in [0.2, 0.25) is 0 Å². The van der Waals surface area contributed by atoms with Crippen molar-refractivity contribution in [1.29, 1.82) is 0 Å². The van der Waals surface area contributed by atoms with Crippen molar-refractivity contribution in [1.82, 2.24) is 10.2 Å². The SMILES string of the molecule is CC(C)c1ccc(NC(=O)C2C3C=CC4(O3)C2C(=O)N(Cc2ccc(F)cc2)C4C(=O)NC2CCCCC2C)cc1. The van der Waals surface area contributed by atoms with Crippen LogP contribution in [-0.4, -0.2) is 46.4 Å². The van der Waals surface area contributed by atoms with Gasteiger partial charge >= 0.3 is 0 Å². The van der Waals surface area contributed by atoms with Gasteiger partial charge in [-0.05, 0) is 60.1 Å². The van der Waals surface area contributed by atoms with E-state index in [4.69, 9.17) is 4.74 Å². The normalized spacial score (nSPS) is 31.9. The summed E-state index contributed by atoms with van der Waals surface area (Å²) in [6.45, 7) is 6.48. The van der Waals surface area contributed by atoms with Crippen molar-refractivity contribution in [2.24, 2.45) is 17.8 Å². The average molecular weight is 560 g/mol. The van der Waals surface area contributed by atoms with Gasteiger partial charge in [0, 0.05) is 18.3 Å². The molecule has 2 saturated heterocycles. The van der Waals surface area contributed by atoms with Crippen molar-refractivity contribution in [3.05, 3.63) is 77.6 Å². The van der Waals surface area contributed by atoms with E-state index in [2.05, 4.69) is 31.4 Å². The average Bonchev–Trinajstić information content (AvgIpc) is 3.59. The van der Waals surface area contributed by atoms with Crippen molar-refractivity contribution >= 4 is 23.4 Å². The second-order valence-corrected chi connectivity index (χ2v) is 12.4. The van der Waals surface area contributed by atoms with E-state index in [1.165, 1.54) is 17.0 Å². The zero-order chi connectivity index (χ0) is 28.9. The number of carbonyl (C=O) groups excluding carboxylic acids is 3. The lowest BCUT2D eigenvalue weighted by Gasteiger charge is -2.36. The Labute approximate surface area is 240 Å². The molecule has 6 rings (SSSR count). The molecule has 2 N–H and O–H groups in total. The third-order valence-corrected chi connectivity index (χ3v) is 9.48. The standard InChI is InChI=1S/C33H38FN3O4/c1-19(2)22-10-14-24(15-11-22)35-30(38)27-26-16-17-33(41-26)28(27)32(40)37(18-21-8-12-23(34)13-9-21)29(33)31(39)36-25-7-5-4-6-20(25)3/h8-17,19-20,25-29H,4-7,18H2,1-3H3,(H,35,38)(H,36,39). The van der Waals surface area contributed by atoms with Gasteiger partial charge in [0.2, 0.25) is 17.7 Å². The lowest BCUT2D eigenvalue weighted by Crippen LogP contribution is -2.57. The molecule has 7 atom stereocenters. The fraction of sp³-hybridized carbons (Fsp3) is 0.485. The topological polar surface area (TPSA) is 87.7 Å². The van der Waals surface area contributed by atoms with Crippen LogP contribution in [0.3, 0.4) is 0 Å². The first kappa shape index (κ1) is 27.6. The summed E-state index contributed by atoms with van der Waals surface area (Å²) >= 11 is 0. The maximum atomic E-state index is 14.2. The zero-order valence-electron chi connectivity index (χ0n) is 23.8. The van der Waals surface area contributed by atoms with Crippen LogP contribution in [0.1, 0.15) is 63.5 Å². The van der Waals surface area contributed by atoms with E-state index in [9.17, 15) is 18.8 Å². The van der Waals surface area contributed by atoms with Gasteiger partial charge < -0.3 is 20.3 Å². The van der Waals surface area contributed by atoms with Crippen molar-refractivity contribution in [2.75, 3.05) is 5.32 Å². The molecule has 3 heterocycles. The number of nitrogens with one attached hydrogen (secondary N) is 2. The van der Waals surface area contributed by atoms with Crippen molar-refractivity contribution in [3.8, 4) is 0 Å². The predicted octanol–water partition coefficient (Wildman–Crippen LogP) is 4.93. The molecule has 3 aliphatic heterocycles. The number of halogens is 1. The number of amides is 3. The fourth-order valence-electron chi connectivity index (χ4n) is 7.19. The van der Waals surface area contributed by atoms with Gasteiger partial charge in [0.25, 0.3) is 0 Å². The van der Waals surface area contributed by atoms with Gasteiger partial charge in [-0.1, -0.05) is 70.0 Å². The van der Waals surface area contributed by atoms with Gasteiger partial charge in [-0.25, -0.2) is 4.39 Å². The second kappa shape index (κ2) is 10.7. The monoisotopic (exact) mass is 559 g/mol. The van der Waals surface area contributed by atoms with Crippen molar-refractivity contribution < 1.29 is 23.5 Å². The molecule has 0 aromatic heterocycles. The number of anilines is 1. The van der Waals surface area contributed by atoms with Crippen molar-refractivity contribution in [3.63, 3.8) is 0 Å². The Kier molecular flexibility index (Phi) is 7.22. The van der Waals surface area contributed by atoms with Crippen LogP contribution in [0.4, 0.5) is 10.1 Å². The minimum Gasteiger partial charge on any atom is -0.359 e. The van der Waals surface area contributed by atoms with E-state index >= 15 is 0 Å². The molecule has 7 unspecified atom stereocenters. The number of fused-ring (bicyclic) bond motifs is 1.